The van der Waals surface area contributed by atoms with E-state index in [0.29, 0.717) is 11.7 Å². The fourth-order valence-electron chi connectivity index (χ4n) is 2.03. The molecule has 2 saturated heterocycles. The fraction of sp³-hybridized carbons (Fsp3) is 1.00. The molecule has 0 amide bonds. The molecule has 4 atom stereocenters. The third-order valence-electron chi connectivity index (χ3n) is 2.83. The SMILES string of the molecule is CCCCP1CCOC1C1OCCP1. The lowest BCUT2D eigenvalue weighted by molar-refractivity contribution is 0.0367. The molecule has 0 aromatic heterocycles. The Bertz CT molecular complexity index is 172. The van der Waals surface area contributed by atoms with Gasteiger partial charge in [0.15, 0.2) is 0 Å². The fourth-order valence-corrected chi connectivity index (χ4v) is 6.61. The Morgan fingerprint density at radius 2 is 2.29 bits per heavy atom. The highest BCUT2D eigenvalue weighted by Gasteiger charge is 2.36. The first-order valence-electron chi connectivity index (χ1n) is 5.62. The van der Waals surface area contributed by atoms with Crippen molar-refractivity contribution in [3.05, 3.63) is 0 Å². The highest BCUT2D eigenvalue weighted by atomic mass is 31.1. The van der Waals surface area contributed by atoms with Gasteiger partial charge in [-0.2, -0.15) is 0 Å². The Morgan fingerprint density at radius 3 is 3.00 bits per heavy atom. The summed E-state index contributed by atoms with van der Waals surface area (Å²) < 4.78 is 11.6. The van der Waals surface area contributed by atoms with Crippen molar-refractivity contribution in [3.63, 3.8) is 0 Å². The standard InChI is InChI=1S/C10H20O2P2/c1-2-3-7-14-8-5-12-10(14)9-11-4-6-13-9/h9-10,13H,2-8H2,1H3. The smallest absolute Gasteiger partial charge is 0.106 e. The molecule has 2 nitrogen and oxygen atoms in total. The summed E-state index contributed by atoms with van der Waals surface area (Å²) in [5.74, 6) is 0.970. The van der Waals surface area contributed by atoms with Crippen molar-refractivity contribution in [2.24, 2.45) is 0 Å². The zero-order chi connectivity index (χ0) is 9.80. The van der Waals surface area contributed by atoms with E-state index in [0.717, 1.165) is 21.8 Å². The van der Waals surface area contributed by atoms with Gasteiger partial charge in [-0.05, 0) is 24.9 Å². The molecule has 0 spiro atoms. The van der Waals surface area contributed by atoms with Gasteiger partial charge >= 0.3 is 0 Å². The predicted molar refractivity (Wildman–Crippen MR) is 64.2 cm³/mol. The van der Waals surface area contributed by atoms with E-state index in [1.807, 2.05) is 0 Å². The van der Waals surface area contributed by atoms with Gasteiger partial charge in [0.2, 0.25) is 0 Å². The topological polar surface area (TPSA) is 18.5 Å². The molecule has 2 fully saturated rings. The van der Waals surface area contributed by atoms with Crippen molar-refractivity contribution in [1.29, 1.82) is 0 Å². The molecule has 2 aliphatic heterocycles. The van der Waals surface area contributed by atoms with Gasteiger partial charge in [0, 0.05) is 0 Å². The number of unbranched alkanes of at least 4 members (excludes halogenated alkanes) is 1. The van der Waals surface area contributed by atoms with Gasteiger partial charge in [-0.15, -0.1) is 0 Å². The van der Waals surface area contributed by atoms with Crippen LogP contribution in [0.15, 0.2) is 0 Å². The zero-order valence-electron chi connectivity index (χ0n) is 8.87. The maximum absolute atomic E-state index is 5.86. The van der Waals surface area contributed by atoms with E-state index >= 15 is 0 Å². The molecule has 0 aliphatic carbocycles. The van der Waals surface area contributed by atoms with Crippen LogP contribution in [-0.2, 0) is 9.47 Å². The third kappa shape index (κ3) is 2.67. The molecule has 4 heteroatoms. The van der Waals surface area contributed by atoms with Crippen LogP contribution < -0.4 is 0 Å². The molecule has 0 aromatic rings. The van der Waals surface area contributed by atoms with Crippen molar-refractivity contribution >= 4 is 16.5 Å². The van der Waals surface area contributed by atoms with Crippen molar-refractivity contribution in [2.45, 2.75) is 31.5 Å². The number of hydrogen-bond donors (Lipinski definition) is 0. The second kappa shape index (κ2) is 5.75. The first-order valence-corrected chi connectivity index (χ1v) is 8.69. The average molecular weight is 234 g/mol. The molecule has 82 valence electrons. The van der Waals surface area contributed by atoms with Crippen LogP contribution in [0.1, 0.15) is 19.8 Å². The van der Waals surface area contributed by atoms with Crippen LogP contribution in [0.2, 0.25) is 0 Å². The average Bonchev–Trinajstić information content (AvgIpc) is 2.84. The van der Waals surface area contributed by atoms with E-state index in [-0.39, 0.29) is 7.92 Å². The van der Waals surface area contributed by atoms with Gasteiger partial charge in [0.1, 0.15) is 11.7 Å². The van der Waals surface area contributed by atoms with Gasteiger partial charge in [-0.1, -0.05) is 29.8 Å². The lowest BCUT2D eigenvalue weighted by Crippen LogP contribution is -2.20. The summed E-state index contributed by atoms with van der Waals surface area (Å²) in [6, 6.07) is 0. The summed E-state index contributed by atoms with van der Waals surface area (Å²) in [5, 5.41) is 0. The van der Waals surface area contributed by atoms with Crippen LogP contribution in [0.25, 0.3) is 0 Å². The van der Waals surface area contributed by atoms with Crippen molar-refractivity contribution in [3.8, 4) is 0 Å². The molecule has 2 rings (SSSR count). The van der Waals surface area contributed by atoms with Crippen LogP contribution in [-0.4, -0.2) is 43.4 Å². The molecule has 4 unspecified atom stereocenters. The minimum atomic E-state index is 0.134. The van der Waals surface area contributed by atoms with E-state index in [2.05, 4.69) is 6.92 Å². The summed E-state index contributed by atoms with van der Waals surface area (Å²) in [7, 11) is 1.13. The second-order valence-corrected chi connectivity index (χ2v) is 7.95. The van der Waals surface area contributed by atoms with Crippen LogP contribution in [0.5, 0.6) is 0 Å². The minimum Gasteiger partial charge on any atom is -0.371 e. The molecule has 14 heavy (non-hydrogen) atoms. The first kappa shape index (κ1) is 11.3. The predicted octanol–water partition coefficient (Wildman–Crippen LogP) is 2.66. The minimum absolute atomic E-state index is 0.134. The molecule has 2 aliphatic rings. The Kier molecular flexibility index (Phi) is 4.63. The maximum Gasteiger partial charge on any atom is 0.106 e. The van der Waals surface area contributed by atoms with E-state index < -0.39 is 0 Å². The maximum atomic E-state index is 5.86. The molecular weight excluding hydrogens is 214 g/mol. The zero-order valence-corrected chi connectivity index (χ0v) is 10.8. The van der Waals surface area contributed by atoms with E-state index in [4.69, 9.17) is 9.47 Å². The van der Waals surface area contributed by atoms with Gasteiger partial charge < -0.3 is 9.47 Å². The Hall–Kier alpha value is 0.780. The van der Waals surface area contributed by atoms with Crippen molar-refractivity contribution < 1.29 is 9.47 Å². The summed E-state index contributed by atoms with van der Waals surface area (Å²) in [6.45, 7) is 4.24. The number of ether oxygens (including phenoxy) is 2. The highest BCUT2D eigenvalue weighted by Crippen LogP contribution is 2.53. The van der Waals surface area contributed by atoms with Crippen molar-refractivity contribution in [1.82, 2.24) is 0 Å². The van der Waals surface area contributed by atoms with E-state index in [9.17, 15) is 0 Å². The van der Waals surface area contributed by atoms with Crippen LogP contribution in [0.3, 0.4) is 0 Å². The van der Waals surface area contributed by atoms with E-state index in [1.165, 1.54) is 31.3 Å². The molecule has 0 aromatic carbocycles. The Balaban J connectivity index is 1.82. The molecular formula is C10H20O2P2. The summed E-state index contributed by atoms with van der Waals surface area (Å²) in [6.07, 6.45) is 6.69. The largest absolute Gasteiger partial charge is 0.371 e. The van der Waals surface area contributed by atoms with Gasteiger partial charge in [0.25, 0.3) is 0 Å². The van der Waals surface area contributed by atoms with E-state index in [1.54, 1.807) is 0 Å². The van der Waals surface area contributed by atoms with Crippen LogP contribution >= 0.6 is 16.5 Å². The molecule has 0 saturated carbocycles. The molecule has 0 radical (unpaired) electrons. The number of hydrogen-bond acceptors (Lipinski definition) is 2. The summed E-state index contributed by atoms with van der Waals surface area (Å²) >= 11 is 0. The lowest BCUT2D eigenvalue weighted by atomic mass is 10.4. The second-order valence-electron chi connectivity index (χ2n) is 3.90. The van der Waals surface area contributed by atoms with Gasteiger partial charge in [-0.3, -0.25) is 0 Å². The lowest BCUT2D eigenvalue weighted by Gasteiger charge is -2.23. The molecule has 0 N–H and O–H groups in total. The Labute approximate surface area is 89.7 Å². The monoisotopic (exact) mass is 234 g/mol. The molecule has 0 bridgehead atoms. The Morgan fingerprint density at radius 1 is 1.36 bits per heavy atom. The third-order valence-corrected chi connectivity index (χ3v) is 7.26. The first-order chi connectivity index (χ1) is 6.92. The van der Waals surface area contributed by atoms with Crippen LogP contribution in [0.4, 0.5) is 0 Å². The summed E-state index contributed by atoms with van der Waals surface area (Å²) in [4.78, 5) is 0. The van der Waals surface area contributed by atoms with Gasteiger partial charge in [-0.25, -0.2) is 0 Å². The quantitative estimate of drug-likeness (QED) is 0.696. The number of rotatable bonds is 4. The normalized spacial score (nSPS) is 39.6. The summed E-state index contributed by atoms with van der Waals surface area (Å²) in [5.41, 5.74) is 0. The van der Waals surface area contributed by atoms with Crippen LogP contribution in [0, 0.1) is 0 Å². The van der Waals surface area contributed by atoms with Gasteiger partial charge in [0.05, 0.1) is 13.2 Å². The molecule has 2 heterocycles. The van der Waals surface area contributed by atoms with Crippen molar-refractivity contribution in [2.75, 3.05) is 31.7 Å². The highest BCUT2D eigenvalue weighted by molar-refractivity contribution is 7.59.